The van der Waals surface area contributed by atoms with Gasteiger partial charge in [-0.2, -0.15) is 4.72 Å². The number of halogens is 1. The fourth-order valence-electron chi connectivity index (χ4n) is 5.17. The van der Waals surface area contributed by atoms with E-state index in [0.29, 0.717) is 18.9 Å². The zero-order valence-electron chi connectivity index (χ0n) is 19.7. The lowest BCUT2D eigenvalue weighted by molar-refractivity contribution is -0.123. The van der Waals surface area contributed by atoms with Crippen LogP contribution >= 0.6 is 0 Å². The quantitative estimate of drug-likeness (QED) is 0.560. The number of hydrogen-bond acceptors (Lipinski definition) is 4. The van der Waals surface area contributed by atoms with Gasteiger partial charge in [-0.25, -0.2) is 12.8 Å². The molecule has 1 unspecified atom stereocenters. The molecule has 2 atom stereocenters. The van der Waals surface area contributed by atoms with E-state index in [0.717, 1.165) is 49.9 Å². The normalized spacial score (nSPS) is 18.4. The second-order valence-electron chi connectivity index (χ2n) is 9.61. The highest BCUT2D eigenvalue weighted by Crippen LogP contribution is 2.29. The monoisotopic (exact) mass is 487 g/mol. The van der Waals surface area contributed by atoms with Crippen LogP contribution in [-0.4, -0.2) is 39.5 Å². The van der Waals surface area contributed by atoms with Gasteiger partial charge in [-0.1, -0.05) is 50.3 Å². The smallest absolute Gasteiger partial charge is 0.241 e. The largest absolute Gasteiger partial charge is 0.369 e. The first kappa shape index (κ1) is 24.7. The van der Waals surface area contributed by atoms with E-state index >= 15 is 0 Å². The summed E-state index contributed by atoms with van der Waals surface area (Å²) in [6.07, 6.45) is 6.75. The van der Waals surface area contributed by atoms with Gasteiger partial charge < -0.3 is 10.2 Å². The van der Waals surface area contributed by atoms with Gasteiger partial charge in [0.2, 0.25) is 15.9 Å². The summed E-state index contributed by atoms with van der Waals surface area (Å²) < 4.78 is 42.2. The molecule has 4 rings (SSSR count). The standard InChI is InChI=1S/C26H34FN3O3S/c1-19(18-30-15-14-21-17-22(27)12-13-25(21)30)28-26(31)24(16-20-8-4-2-5-9-20)29-34(32,33)23-10-6-3-7-11-23/h3,6-7,10-13,17,19-20,24,29H,2,4-5,8-9,14-16,18H2,1H3,(H,28,31)/t19?,24-/m0/s1. The average Bonchev–Trinajstić information content (AvgIpc) is 3.21. The fraction of sp³-hybridized carbons (Fsp3) is 0.500. The summed E-state index contributed by atoms with van der Waals surface area (Å²) in [5.74, 6) is -0.201. The van der Waals surface area contributed by atoms with Crippen molar-refractivity contribution in [1.82, 2.24) is 10.0 Å². The van der Waals surface area contributed by atoms with Gasteiger partial charge in [0.05, 0.1) is 4.90 Å². The Morgan fingerprint density at radius 3 is 2.59 bits per heavy atom. The average molecular weight is 488 g/mol. The molecule has 8 heteroatoms. The number of carbonyl (C=O) groups is 1. The van der Waals surface area contributed by atoms with Gasteiger partial charge in [0, 0.05) is 24.8 Å². The minimum absolute atomic E-state index is 0.158. The highest BCUT2D eigenvalue weighted by Gasteiger charge is 2.30. The van der Waals surface area contributed by atoms with Crippen molar-refractivity contribution in [2.24, 2.45) is 5.92 Å². The van der Waals surface area contributed by atoms with E-state index in [2.05, 4.69) is 14.9 Å². The van der Waals surface area contributed by atoms with Crippen molar-refractivity contribution in [3.63, 3.8) is 0 Å². The van der Waals surface area contributed by atoms with Crippen molar-refractivity contribution < 1.29 is 17.6 Å². The minimum Gasteiger partial charge on any atom is -0.369 e. The zero-order chi connectivity index (χ0) is 24.1. The van der Waals surface area contributed by atoms with Crippen LogP contribution in [-0.2, 0) is 21.2 Å². The van der Waals surface area contributed by atoms with Crippen LogP contribution < -0.4 is 14.9 Å². The number of nitrogens with one attached hydrogen (secondary N) is 2. The van der Waals surface area contributed by atoms with Crippen LogP contribution in [0.3, 0.4) is 0 Å². The Hall–Kier alpha value is -2.45. The van der Waals surface area contributed by atoms with Crippen molar-refractivity contribution in [3.8, 4) is 0 Å². The maximum Gasteiger partial charge on any atom is 0.241 e. The molecule has 2 aromatic rings. The van der Waals surface area contributed by atoms with E-state index in [4.69, 9.17) is 0 Å². The summed E-state index contributed by atoms with van der Waals surface area (Å²) in [5.41, 5.74) is 1.97. The SMILES string of the molecule is CC(CN1CCc2cc(F)ccc21)NC(=O)[C@H](CC1CCCCC1)NS(=O)(=O)c1ccccc1. The number of fused-ring (bicyclic) bond motifs is 1. The topological polar surface area (TPSA) is 78.5 Å². The van der Waals surface area contributed by atoms with Crippen LogP contribution in [0.15, 0.2) is 53.4 Å². The van der Waals surface area contributed by atoms with Gasteiger partial charge >= 0.3 is 0 Å². The van der Waals surface area contributed by atoms with E-state index in [1.165, 1.54) is 24.6 Å². The molecule has 0 spiro atoms. The molecular weight excluding hydrogens is 453 g/mol. The maximum atomic E-state index is 13.5. The van der Waals surface area contributed by atoms with Gasteiger partial charge in [0.15, 0.2) is 0 Å². The Balaban J connectivity index is 1.43. The molecule has 1 aliphatic carbocycles. The van der Waals surface area contributed by atoms with Crippen molar-refractivity contribution in [2.75, 3.05) is 18.0 Å². The van der Waals surface area contributed by atoms with Gasteiger partial charge in [0.25, 0.3) is 0 Å². The van der Waals surface area contributed by atoms with Crippen LogP contribution in [0.5, 0.6) is 0 Å². The summed E-state index contributed by atoms with van der Waals surface area (Å²) in [4.78, 5) is 15.6. The van der Waals surface area contributed by atoms with E-state index in [1.807, 2.05) is 6.92 Å². The molecule has 1 aliphatic heterocycles. The maximum absolute atomic E-state index is 13.5. The van der Waals surface area contributed by atoms with Crippen LogP contribution in [0.1, 0.15) is 51.0 Å². The third kappa shape index (κ3) is 6.16. The highest BCUT2D eigenvalue weighted by molar-refractivity contribution is 7.89. The summed E-state index contributed by atoms with van der Waals surface area (Å²) in [6.45, 7) is 3.26. The van der Waals surface area contributed by atoms with Crippen molar-refractivity contribution in [1.29, 1.82) is 0 Å². The molecule has 1 amide bonds. The first-order chi connectivity index (χ1) is 16.3. The Kier molecular flexibility index (Phi) is 7.88. The Labute approximate surface area is 202 Å². The molecule has 34 heavy (non-hydrogen) atoms. The summed E-state index contributed by atoms with van der Waals surface area (Å²) in [5, 5.41) is 3.03. The predicted octanol–water partition coefficient (Wildman–Crippen LogP) is 4.01. The van der Waals surface area contributed by atoms with Crippen LogP contribution in [0.25, 0.3) is 0 Å². The number of hydrogen-bond donors (Lipinski definition) is 2. The Morgan fingerprint density at radius 2 is 1.85 bits per heavy atom. The molecule has 0 radical (unpaired) electrons. The number of carbonyl (C=O) groups excluding carboxylic acids is 1. The molecule has 0 saturated heterocycles. The number of benzene rings is 2. The molecule has 1 saturated carbocycles. The van der Waals surface area contributed by atoms with Crippen molar-refractivity contribution in [3.05, 3.63) is 59.9 Å². The van der Waals surface area contributed by atoms with Gasteiger partial charge in [-0.15, -0.1) is 0 Å². The molecule has 1 heterocycles. The van der Waals surface area contributed by atoms with E-state index in [1.54, 1.807) is 30.3 Å². The van der Waals surface area contributed by atoms with Gasteiger partial charge in [0.1, 0.15) is 11.9 Å². The van der Waals surface area contributed by atoms with Gasteiger partial charge in [-0.3, -0.25) is 4.79 Å². The number of amides is 1. The van der Waals surface area contributed by atoms with E-state index in [9.17, 15) is 17.6 Å². The zero-order valence-corrected chi connectivity index (χ0v) is 20.5. The molecule has 6 nitrogen and oxygen atoms in total. The summed E-state index contributed by atoms with van der Waals surface area (Å²) in [7, 11) is -3.81. The van der Waals surface area contributed by atoms with E-state index in [-0.39, 0.29) is 22.7 Å². The molecule has 0 aromatic heterocycles. The Morgan fingerprint density at radius 1 is 1.12 bits per heavy atom. The molecule has 0 bridgehead atoms. The third-order valence-electron chi connectivity index (χ3n) is 6.88. The molecule has 2 aliphatic rings. The molecule has 184 valence electrons. The molecule has 2 N–H and O–H groups in total. The predicted molar refractivity (Wildman–Crippen MR) is 132 cm³/mol. The first-order valence-corrected chi connectivity index (χ1v) is 13.7. The fourth-order valence-corrected chi connectivity index (χ4v) is 6.40. The van der Waals surface area contributed by atoms with Crippen molar-refractivity contribution >= 4 is 21.6 Å². The van der Waals surface area contributed by atoms with Crippen LogP contribution in [0, 0.1) is 11.7 Å². The van der Waals surface area contributed by atoms with E-state index < -0.39 is 16.1 Å². The lowest BCUT2D eigenvalue weighted by Crippen LogP contribution is -2.51. The minimum atomic E-state index is -3.81. The summed E-state index contributed by atoms with van der Waals surface area (Å²) in [6, 6.07) is 12.0. The van der Waals surface area contributed by atoms with Gasteiger partial charge in [-0.05, 0) is 61.6 Å². The molecule has 1 fully saturated rings. The van der Waals surface area contributed by atoms with Crippen molar-refractivity contribution in [2.45, 2.75) is 68.8 Å². The van der Waals surface area contributed by atoms with Crippen LogP contribution in [0.4, 0.5) is 10.1 Å². The highest BCUT2D eigenvalue weighted by atomic mass is 32.2. The van der Waals surface area contributed by atoms with Crippen LogP contribution in [0.2, 0.25) is 0 Å². The number of anilines is 1. The molecular formula is C26H34FN3O3S. The summed E-state index contributed by atoms with van der Waals surface area (Å²) >= 11 is 0. The number of sulfonamides is 1. The number of nitrogens with zero attached hydrogens (tertiary/aromatic N) is 1. The Bertz CT molecular complexity index is 1090. The second kappa shape index (κ2) is 10.9. The second-order valence-corrected chi connectivity index (χ2v) is 11.3. The first-order valence-electron chi connectivity index (χ1n) is 12.2. The lowest BCUT2D eigenvalue weighted by Gasteiger charge is -2.29. The third-order valence-corrected chi connectivity index (χ3v) is 8.36. The molecule has 2 aromatic carbocycles. The lowest BCUT2D eigenvalue weighted by atomic mass is 9.85. The number of rotatable bonds is 9.